The maximum Gasteiger partial charge on any atom is 0.141 e. The molecule has 1 aliphatic rings. The number of rotatable bonds is 5. The first-order valence-corrected chi connectivity index (χ1v) is 8.20. The molecule has 1 saturated heterocycles. The first-order valence-electron chi connectivity index (χ1n) is 8.20. The average molecular weight is 321 g/mol. The van der Waals surface area contributed by atoms with Gasteiger partial charge in [-0.05, 0) is 37.1 Å². The van der Waals surface area contributed by atoms with E-state index in [2.05, 4.69) is 15.3 Å². The van der Waals surface area contributed by atoms with Gasteiger partial charge in [-0.25, -0.2) is 9.97 Å². The highest BCUT2D eigenvalue weighted by Crippen LogP contribution is 2.25. The summed E-state index contributed by atoms with van der Waals surface area (Å²) in [6.45, 7) is 1.44. The third kappa shape index (κ3) is 3.31. The third-order valence-electron chi connectivity index (χ3n) is 4.10. The van der Waals surface area contributed by atoms with Gasteiger partial charge in [-0.2, -0.15) is 0 Å². The van der Waals surface area contributed by atoms with Gasteiger partial charge in [0.1, 0.15) is 24.5 Å². The Morgan fingerprint density at radius 1 is 1.12 bits per heavy atom. The van der Waals surface area contributed by atoms with Crippen molar-refractivity contribution >= 4 is 22.4 Å². The van der Waals surface area contributed by atoms with Crippen molar-refractivity contribution in [2.45, 2.75) is 18.9 Å². The van der Waals surface area contributed by atoms with Crippen molar-refractivity contribution in [3.63, 3.8) is 0 Å². The van der Waals surface area contributed by atoms with E-state index in [1.54, 1.807) is 6.33 Å². The van der Waals surface area contributed by atoms with Gasteiger partial charge in [-0.15, -0.1) is 0 Å². The SMILES string of the molecule is c1cc(Nc2ncnc3ccccc23)cc(OC[C@H]2CCCO2)c1. The summed E-state index contributed by atoms with van der Waals surface area (Å²) in [5, 5.41) is 4.34. The number of fused-ring (bicyclic) bond motifs is 1. The van der Waals surface area contributed by atoms with Crippen molar-refractivity contribution in [2.75, 3.05) is 18.5 Å². The number of anilines is 2. The highest BCUT2D eigenvalue weighted by Gasteiger charge is 2.16. The molecule has 0 saturated carbocycles. The Labute approximate surface area is 140 Å². The lowest BCUT2D eigenvalue weighted by Crippen LogP contribution is -2.16. The number of nitrogens with one attached hydrogen (secondary N) is 1. The molecule has 0 spiro atoms. The van der Waals surface area contributed by atoms with E-state index in [0.717, 1.165) is 47.6 Å². The summed E-state index contributed by atoms with van der Waals surface area (Å²) < 4.78 is 11.4. The Morgan fingerprint density at radius 2 is 2.08 bits per heavy atom. The maximum atomic E-state index is 5.86. The van der Waals surface area contributed by atoms with E-state index in [-0.39, 0.29) is 6.10 Å². The Morgan fingerprint density at radius 3 is 3.00 bits per heavy atom. The zero-order chi connectivity index (χ0) is 16.2. The summed E-state index contributed by atoms with van der Waals surface area (Å²) in [4.78, 5) is 8.64. The Balaban J connectivity index is 1.50. The molecule has 2 aromatic carbocycles. The van der Waals surface area contributed by atoms with E-state index < -0.39 is 0 Å². The number of benzene rings is 2. The van der Waals surface area contributed by atoms with Crippen LogP contribution in [0.2, 0.25) is 0 Å². The van der Waals surface area contributed by atoms with Gasteiger partial charge < -0.3 is 14.8 Å². The summed E-state index contributed by atoms with van der Waals surface area (Å²) in [5.74, 6) is 1.62. The fourth-order valence-corrected chi connectivity index (χ4v) is 2.87. The molecule has 0 radical (unpaired) electrons. The van der Waals surface area contributed by atoms with Crippen LogP contribution in [0.3, 0.4) is 0 Å². The predicted molar refractivity (Wildman–Crippen MR) is 93.7 cm³/mol. The second-order valence-electron chi connectivity index (χ2n) is 5.84. The van der Waals surface area contributed by atoms with Gasteiger partial charge in [0, 0.05) is 23.7 Å². The van der Waals surface area contributed by atoms with Crippen molar-refractivity contribution < 1.29 is 9.47 Å². The molecule has 5 nitrogen and oxygen atoms in total. The molecule has 122 valence electrons. The molecule has 0 amide bonds. The fraction of sp³-hybridized carbons (Fsp3) is 0.263. The monoisotopic (exact) mass is 321 g/mol. The molecule has 1 fully saturated rings. The second kappa shape index (κ2) is 6.84. The first-order chi connectivity index (χ1) is 11.9. The minimum atomic E-state index is 0.215. The first kappa shape index (κ1) is 14.9. The van der Waals surface area contributed by atoms with Crippen LogP contribution < -0.4 is 10.1 Å². The summed E-state index contributed by atoms with van der Waals surface area (Å²) in [6, 6.07) is 15.8. The standard InChI is InChI=1S/C19H19N3O2/c1-2-9-18-17(8-1)19(21-13-20-18)22-14-5-3-6-15(11-14)24-12-16-7-4-10-23-16/h1-3,5-6,8-9,11,13,16H,4,7,10,12H2,(H,20,21,22)/t16-/m1/s1. The van der Waals surface area contributed by atoms with Gasteiger partial charge in [0.15, 0.2) is 0 Å². The molecule has 1 aliphatic heterocycles. The van der Waals surface area contributed by atoms with E-state index in [9.17, 15) is 0 Å². The predicted octanol–water partition coefficient (Wildman–Crippen LogP) is 3.93. The molecule has 0 unspecified atom stereocenters. The quantitative estimate of drug-likeness (QED) is 0.771. The topological polar surface area (TPSA) is 56.3 Å². The van der Waals surface area contributed by atoms with Crippen LogP contribution >= 0.6 is 0 Å². The van der Waals surface area contributed by atoms with Crippen molar-refractivity contribution in [3.8, 4) is 5.75 Å². The lowest BCUT2D eigenvalue weighted by atomic mass is 10.2. The molecule has 24 heavy (non-hydrogen) atoms. The zero-order valence-electron chi connectivity index (χ0n) is 13.3. The second-order valence-corrected chi connectivity index (χ2v) is 5.84. The summed E-state index contributed by atoms with van der Waals surface area (Å²) in [7, 11) is 0. The van der Waals surface area contributed by atoms with Crippen LogP contribution in [-0.2, 0) is 4.74 Å². The van der Waals surface area contributed by atoms with E-state index in [0.29, 0.717) is 6.61 Å². The molecule has 2 heterocycles. The van der Waals surface area contributed by atoms with E-state index in [1.807, 2.05) is 48.5 Å². The molecule has 1 aromatic heterocycles. The molecule has 5 heteroatoms. The molecule has 3 aromatic rings. The largest absolute Gasteiger partial charge is 0.491 e. The number of aromatic nitrogens is 2. The van der Waals surface area contributed by atoms with E-state index in [1.165, 1.54) is 0 Å². The van der Waals surface area contributed by atoms with Gasteiger partial charge in [-0.1, -0.05) is 18.2 Å². The third-order valence-corrected chi connectivity index (χ3v) is 4.10. The van der Waals surface area contributed by atoms with Gasteiger partial charge in [0.2, 0.25) is 0 Å². The molecule has 1 N–H and O–H groups in total. The zero-order valence-corrected chi connectivity index (χ0v) is 13.3. The van der Waals surface area contributed by atoms with Crippen molar-refractivity contribution in [1.82, 2.24) is 9.97 Å². The van der Waals surface area contributed by atoms with Crippen molar-refractivity contribution in [3.05, 3.63) is 54.9 Å². The molecule has 1 atom stereocenters. The fourth-order valence-electron chi connectivity index (χ4n) is 2.87. The van der Waals surface area contributed by atoms with E-state index >= 15 is 0 Å². The van der Waals surface area contributed by atoms with Gasteiger partial charge in [0.25, 0.3) is 0 Å². The Bertz CT molecular complexity index is 826. The summed E-state index contributed by atoms with van der Waals surface area (Å²) in [5.41, 5.74) is 1.85. The van der Waals surface area contributed by atoms with Gasteiger partial charge in [0.05, 0.1) is 11.6 Å². The number of hydrogen-bond acceptors (Lipinski definition) is 5. The average Bonchev–Trinajstić information content (AvgIpc) is 3.14. The van der Waals surface area contributed by atoms with Crippen molar-refractivity contribution in [2.24, 2.45) is 0 Å². The van der Waals surface area contributed by atoms with Crippen molar-refractivity contribution in [1.29, 1.82) is 0 Å². The number of hydrogen-bond donors (Lipinski definition) is 1. The molecule has 0 bridgehead atoms. The summed E-state index contributed by atoms with van der Waals surface area (Å²) >= 11 is 0. The lowest BCUT2D eigenvalue weighted by molar-refractivity contribution is 0.0680. The Hall–Kier alpha value is -2.66. The van der Waals surface area contributed by atoms with Crippen LogP contribution in [0.1, 0.15) is 12.8 Å². The van der Waals surface area contributed by atoms with Crippen LogP contribution in [0, 0.1) is 0 Å². The van der Waals surface area contributed by atoms with Crippen LogP contribution in [0.4, 0.5) is 11.5 Å². The van der Waals surface area contributed by atoms with Gasteiger partial charge >= 0.3 is 0 Å². The highest BCUT2D eigenvalue weighted by atomic mass is 16.5. The highest BCUT2D eigenvalue weighted by molar-refractivity contribution is 5.90. The van der Waals surface area contributed by atoms with Crippen LogP contribution in [0.25, 0.3) is 10.9 Å². The number of ether oxygens (including phenoxy) is 2. The van der Waals surface area contributed by atoms with Crippen LogP contribution in [-0.4, -0.2) is 29.3 Å². The Kier molecular flexibility index (Phi) is 4.25. The molecule has 0 aliphatic carbocycles. The number of para-hydroxylation sites is 1. The van der Waals surface area contributed by atoms with Gasteiger partial charge in [-0.3, -0.25) is 0 Å². The molecular weight excluding hydrogens is 302 g/mol. The summed E-state index contributed by atoms with van der Waals surface area (Å²) in [6.07, 6.45) is 3.98. The van der Waals surface area contributed by atoms with E-state index in [4.69, 9.17) is 9.47 Å². The maximum absolute atomic E-state index is 5.86. The normalized spacial score (nSPS) is 17.1. The minimum Gasteiger partial charge on any atom is -0.491 e. The van der Waals surface area contributed by atoms with Crippen LogP contribution in [0.5, 0.6) is 5.75 Å². The van der Waals surface area contributed by atoms with Crippen LogP contribution in [0.15, 0.2) is 54.9 Å². The number of nitrogens with zero attached hydrogens (tertiary/aromatic N) is 2. The molecular formula is C19H19N3O2. The lowest BCUT2D eigenvalue weighted by Gasteiger charge is -2.13. The minimum absolute atomic E-state index is 0.215. The smallest absolute Gasteiger partial charge is 0.141 e. The molecule has 4 rings (SSSR count).